The topological polar surface area (TPSA) is 35.0 Å². The van der Waals surface area contributed by atoms with Crippen molar-refractivity contribution in [2.45, 2.75) is 20.5 Å². The Morgan fingerprint density at radius 2 is 1.88 bits per heavy atom. The van der Waals surface area contributed by atoms with Crippen LogP contribution in [0.15, 0.2) is 30.5 Å². The van der Waals surface area contributed by atoms with Gasteiger partial charge in [0.2, 0.25) is 0 Å². The quantitative estimate of drug-likeness (QED) is 0.782. The van der Waals surface area contributed by atoms with Crippen molar-refractivity contribution in [1.29, 1.82) is 0 Å². The lowest BCUT2D eigenvalue weighted by molar-refractivity contribution is 0.295. The van der Waals surface area contributed by atoms with Gasteiger partial charge >= 0.3 is 0 Å². The number of nitrogens with zero attached hydrogens (tertiary/aromatic N) is 2. The van der Waals surface area contributed by atoms with Crippen LogP contribution < -0.4 is 4.74 Å². The highest BCUT2D eigenvalue weighted by Crippen LogP contribution is 2.14. The molecule has 0 N–H and O–H groups in total. The average molecular weight is 249 g/mol. The van der Waals surface area contributed by atoms with Crippen molar-refractivity contribution < 1.29 is 4.74 Å². The lowest BCUT2D eigenvalue weighted by Gasteiger charge is -2.06. The van der Waals surface area contributed by atoms with E-state index in [2.05, 4.69) is 9.97 Å². The van der Waals surface area contributed by atoms with Crippen LogP contribution in [0.3, 0.4) is 0 Å². The van der Waals surface area contributed by atoms with Gasteiger partial charge in [0.05, 0.1) is 0 Å². The van der Waals surface area contributed by atoms with Gasteiger partial charge in [0.25, 0.3) is 0 Å². The summed E-state index contributed by atoms with van der Waals surface area (Å²) in [4.78, 5) is 8.29. The molecule has 2 rings (SSSR count). The molecule has 0 atom stereocenters. The molecule has 1 heterocycles. The Labute approximate surface area is 105 Å². The summed E-state index contributed by atoms with van der Waals surface area (Å²) >= 11 is 5.91. The van der Waals surface area contributed by atoms with Gasteiger partial charge in [0.15, 0.2) is 5.82 Å². The Bertz CT molecular complexity index is 511. The van der Waals surface area contributed by atoms with Crippen LogP contribution in [-0.4, -0.2) is 9.97 Å². The molecule has 0 spiro atoms. The zero-order chi connectivity index (χ0) is 12.3. The maximum atomic E-state index is 5.91. The predicted octanol–water partition coefficient (Wildman–Crippen LogP) is 3.33. The third-order valence-corrected chi connectivity index (χ3v) is 2.73. The minimum atomic E-state index is 0.322. The number of rotatable bonds is 3. The third kappa shape index (κ3) is 3.17. The molecule has 0 saturated carbocycles. The molecular weight excluding hydrogens is 236 g/mol. The van der Waals surface area contributed by atoms with E-state index in [9.17, 15) is 0 Å². The highest BCUT2D eigenvalue weighted by Gasteiger charge is 2.02. The van der Waals surface area contributed by atoms with Crippen molar-refractivity contribution in [2.24, 2.45) is 0 Å². The zero-order valence-corrected chi connectivity index (χ0v) is 10.5. The first-order valence-electron chi connectivity index (χ1n) is 5.32. The number of aromatic nitrogens is 2. The van der Waals surface area contributed by atoms with Crippen molar-refractivity contribution >= 4 is 11.6 Å². The molecule has 0 amide bonds. The van der Waals surface area contributed by atoms with Crippen LogP contribution >= 0.6 is 11.6 Å². The smallest absolute Gasteiger partial charge is 0.167 e. The third-order valence-electron chi connectivity index (χ3n) is 2.35. The van der Waals surface area contributed by atoms with Gasteiger partial charge < -0.3 is 4.74 Å². The second-order valence-corrected chi connectivity index (χ2v) is 4.22. The predicted molar refractivity (Wildman–Crippen MR) is 67.3 cm³/mol. The minimum absolute atomic E-state index is 0.322. The first-order valence-corrected chi connectivity index (χ1v) is 5.70. The van der Waals surface area contributed by atoms with Crippen molar-refractivity contribution in [1.82, 2.24) is 9.97 Å². The van der Waals surface area contributed by atoms with Gasteiger partial charge in [-0.2, -0.15) is 0 Å². The highest BCUT2D eigenvalue weighted by molar-refractivity contribution is 6.30. The Morgan fingerprint density at radius 3 is 2.53 bits per heavy atom. The van der Waals surface area contributed by atoms with Gasteiger partial charge in [-0.1, -0.05) is 29.3 Å². The van der Waals surface area contributed by atoms with E-state index in [4.69, 9.17) is 16.3 Å². The molecule has 3 nitrogen and oxygen atoms in total. The SMILES string of the molecule is Cc1ccc(OCc2ncc(C)c(Cl)n2)cc1. The van der Waals surface area contributed by atoms with E-state index in [-0.39, 0.29) is 0 Å². The molecule has 0 aliphatic rings. The van der Waals surface area contributed by atoms with Crippen LogP contribution in [0.5, 0.6) is 5.75 Å². The second kappa shape index (κ2) is 5.15. The van der Waals surface area contributed by atoms with E-state index < -0.39 is 0 Å². The van der Waals surface area contributed by atoms with Crippen molar-refractivity contribution in [3.8, 4) is 5.75 Å². The first kappa shape index (κ1) is 11.9. The maximum absolute atomic E-state index is 5.91. The average Bonchev–Trinajstić information content (AvgIpc) is 2.33. The number of ether oxygens (including phenoxy) is 1. The summed E-state index contributed by atoms with van der Waals surface area (Å²) in [6.45, 7) is 4.22. The molecule has 0 aliphatic carbocycles. The normalized spacial score (nSPS) is 10.3. The van der Waals surface area contributed by atoms with Crippen molar-refractivity contribution in [2.75, 3.05) is 0 Å². The first-order chi connectivity index (χ1) is 8.15. The lowest BCUT2D eigenvalue weighted by Crippen LogP contribution is -2.02. The summed E-state index contributed by atoms with van der Waals surface area (Å²) < 4.78 is 5.56. The van der Waals surface area contributed by atoms with Crippen LogP contribution in [0, 0.1) is 13.8 Å². The lowest BCUT2D eigenvalue weighted by atomic mass is 10.2. The molecule has 0 bridgehead atoms. The Kier molecular flexibility index (Phi) is 3.59. The minimum Gasteiger partial charge on any atom is -0.486 e. The van der Waals surface area contributed by atoms with Crippen molar-refractivity contribution in [3.63, 3.8) is 0 Å². The number of hydrogen-bond donors (Lipinski definition) is 0. The molecular formula is C13H13ClN2O. The largest absolute Gasteiger partial charge is 0.486 e. The Morgan fingerprint density at radius 1 is 1.18 bits per heavy atom. The highest BCUT2D eigenvalue weighted by atomic mass is 35.5. The maximum Gasteiger partial charge on any atom is 0.167 e. The summed E-state index contributed by atoms with van der Waals surface area (Å²) in [7, 11) is 0. The number of benzene rings is 1. The summed E-state index contributed by atoms with van der Waals surface area (Å²) in [5.74, 6) is 1.39. The summed E-state index contributed by atoms with van der Waals surface area (Å²) in [5.41, 5.74) is 2.07. The fourth-order valence-electron chi connectivity index (χ4n) is 1.31. The van der Waals surface area contributed by atoms with Crippen LogP contribution in [0.1, 0.15) is 17.0 Å². The molecule has 0 unspecified atom stereocenters. The van der Waals surface area contributed by atoms with Gasteiger partial charge in [-0.3, -0.25) is 0 Å². The van der Waals surface area contributed by atoms with Gasteiger partial charge in [-0.15, -0.1) is 0 Å². The summed E-state index contributed by atoms with van der Waals surface area (Å²) in [6.07, 6.45) is 1.70. The molecule has 0 aliphatic heterocycles. The molecule has 88 valence electrons. The Hall–Kier alpha value is -1.61. The van der Waals surface area contributed by atoms with Gasteiger partial charge in [-0.05, 0) is 26.0 Å². The molecule has 1 aromatic carbocycles. The molecule has 4 heteroatoms. The molecule has 17 heavy (non-hydrogen) atoms. The van der Waals surface area contributed by atoms with Crippen molar-refractivity contribution in [3.05, 3.63) is 52.6 Å². The van der Waals surface area contributed by atoms with Crippen LogP contribution in [-0.2, 0) is 6.61 Å². The summed E-state index contributed by atoms with van der Waals surface area (Å²) in [6, 6.07) is 7.84. The number of hydrogen-bond acceptors (Lipinski definition) is 3. The van der Waals surface area contributed by atoms with Crippen LogP contribution in [0.4, 0.5) is 0 Å². The van der Waals surface area contributed by atoms with Gasteiger partial charge in [0, 0.05) is 11.8 Å². The molecule has 2 aromatic rings. The van der Waals surface area contributed by atoms with Crippen LogP contribution in [0.25, 0.3) is 0 Å². The fourth-order valence-corrected chi connectivity index (χ4v) is 1.45. The monoisotopic (exact) mass is 248 g/mol. The molecule has 1 aromatic heterocycles. The Balaban J connectivity index is 2.02. The number of aryl methyl sites for hydroxylation is 2. The standard InChI is InChI=1S/C13H13ClN2O/c1-9-3-5-11(6-4-9)17-8-12-15-7-10(2)13(14)16-12/h3-7H,8H2,1-2H3. The van der Waals surface area contributed by atoms with E-state index in [0.717, 1.165) is 11.3 Å². The van der Waals surface area contributed by atoms with Gasteiger partial charge in [-0.25, -0.2) is 9.97 Å². The molecule has 0 radical (unpaired) electrons. The van der Waals surface area contributed by atoms with E-state index in [1.807, 2.05) is 38.1 Å². The summed E-state index contributed by atoms with van der Waals surface area (Å²) in [5, 5.41) is 0.475. The van der Waals surface area contributed by atoms with E-state index in [0.29, 0.717) is 17.6 Å². The zero-order valence-electron chi connectivity index (χ0n) is 9.77. The van der Waals surface area contributed by atoms with E-state index in [1.54, 1.807) is 6.20 Å². The van der Waals surface area contributed by atoms with E-state index in [1.165, 1.54) is 5.56 Å². The fraction of sp³-hybridized carbons (Fsp3) is 0.231. The molecule has 0 saturated heterocycles. The number of halogens is 1. The van der Waals surface area contributed by atoms with Crippen LogP contribution in [0.2, 0.25) is 5.15 Å². The van der Waals surface area contributed by atoms with E-state index >= 15 is 0 Å². The molecule has 0 fully saturated rings. The van der Waals surface area contributed by atoms with Gasteiger partial charge in [0.1, 0.15) is 17.5 Å². The second-order valence-electron chi connectivity index (χ2n) is 3.86.